The molecule has 1 aromatic rings. The monoisotopic (exact) mass is 152 g/mol. The molecular weight excluding hydrogens is 143 g/mol. The molecule has 0 saturated heterocycles. The van der Waals surface area contributed by atoms with Gasteiger partial charge in [0.15, 0.2) is 0 Å². The van der Waals surface area contributed by atoms with Gasteiger partial charge in [0, 0.05) is 11.8 Å². The van der Waals surface area contributed by atoms with Gasteiger partial charge >= 0.3 is 0 Å². The van der Waals surface area contributed by atoms with Gasteiger partial charge in [0.25, 0.3) is 0 Å². The Morgan fingerprint density at radius 1 is 1.55 bits per heavy atom. The Bertz CT molecular complexity index is 294. The number of nitrogens with one attached hydrogen (secondary N) is 1. The number of hydrogen-bond donors (Lipinski definition) is 2. The predicted octanol–water partition coefficient (Wildman–Crippen LogP) is 1.71. The highest BCUT2D eigenvalue weighted by atomic mass is 19.1. The van der Waals surface area contributed by atoms with Crippen LogP contribution in [0.1, 0.15) is 11.1 Å². The Hall–Kier alpha value is -1.38. The largest absolute Gasteiger partial charge is 0.396 e. The third kappa shape index (κ3) is 1.22. The Morgan fingerprint density at radius 3 is 2.73 bits per heavy atom. The van der Waals surface area contributed by atoms with Crippen LogP contribution in [0, 0.1) is 18.2 Å². The summed E-state index contributed by atoms with van der Waals surface area (Å²) in [7, 11) is 0. The van der Waals surface area contributed by atoms with Crippen molar-refractivity contribution in [3.63, 3.8) is 0 Å². The Kier molecular flexibility index (Phi) is 1.89. The molecule has 0 radical (unpaired) electrons. The fourth-order valence-corrected chi connectivity index (χ4v) is 0.843. The van der Waals surface area contributed by atoms with Gasteiger partial charge in [-0.3, -0.25) is 0 Å². The number of halogens is 1. The van der Waals surface area contributed by atoms with Gasteiger partial charge < -0.3 is 11.1 Å². The molecule has 0 saturated carbocycles. The maximum atomic E-state index is 12.9. The average molecular weight is 152 g/mol. The van der Waals surface area contributed by atoms with Crippen molar-refractivity contribution in [1.29, 1.82) is 5.41 Å². The molecule has 0 heterocycles. The number of aryl methyl sites for hydroxylation is 1. The van der Waals surface area contributed by atoms with Gasteiger partial charge in [-0.1, -0.05) is 12.1 Å². The second kappa shape index (κ2) is 2.70. The number of rotatable bonds is 1. The van der Waals surface area contributed by atoms with E-state index < -0.39 is 5.82 Å². The highest BCUT2D eigenvalue weighted by molar-refractivity contribution is 5.85. The molecule has 0 bridgehead atoms. The van der Waals surface area contributed by atoms with Crippen LogP contribution in [0.25, 0.3) is 0 Å². The van der Waals surface area contributed by atoms with Crippen LogP contribution in [0.15, 0.2) is 12.1 Å². The number of benzene rings is 1. The molecule has 0 aliphatic heterocycles. The SMILES string of the molecule is Cc1ccc(C=N)c(N)c1F. The molecule has 0 amide bonds. The molecule has 3 N–H and O–H groups in total. The second-order valence-electron chi connectivity index (χ2n) is 2.34. The van der Waals surface area contributed by atoms with Crippen LogP contribution in [0.2, 0.25) is 0 Å². The first-order chi connectivity index (χ1) is 5.16. The van der Waals surface area contributed by atoms with E-state index in [0.29, 0.717) is 11.1 Å². The molecule has 0 fully saturated rings. The van der Waals surface area contributed by atoms with E-state index in [1.165, 1.54) is 0 Å². The van der Waals surface area contributed by atoms with E-state index in [1.54, 1.807) is 19.1 Å². The first kappa shape index (κ1) is 7.72. The van der Waals surface area contributed by atoms with Gasteiger partial charge in [0.1, 0.15) is 5.82 Å². The van der Waals surface area contributed by atoms with Crippen molar-refractivity contribution in [2.45, 2.75) is 6.92 Å². The van der Waals surface area contributed by atoms with Gasteiger partial charge in [-0.05, 0) is 12.5 Å². The van der Waals surface area contributed by atoms with Crippen molar-refractivity contribution in [3.8, 4) is 0 Å². The Morgan fingerprint density at radius 2 is 2.18 bits per heavy atom. The smallest absolute Gasteiger partial charge is 0.149 e. The highest BCUT2D eigenvalue weighted by Crippen LogP contribution is 2.17. The molecule has 0 aromatic heterocycles. The van der Waals surface area contributed by atoms with E-state index in [0.717, 1.165) is 6.21 Å². The van der Waals surface area contributed by atoms with Crippen LogP contribution in [0.4, 0.5) is 10.1 Å². The average Bonchev–Trinajstić information content (AvgIpc) is 2.01. The number of nitrogen functional groups attached to an aromatic ring is 1. The molecule has 58 valence electrons. The van der Waals surface area contributed by atoms with Gasteiger partial charge in [0.2, 0.25) is 0 Å². The predicted molar refractivity (Wildman–Crippen MR) is 43.4 cm³/mol. The van der Waals surface area contributed by atoms with Crippen molar-refractivity contribution in [3.05, 3.63) is 29.1 Å². The van der Waals surface area contributed by atoms with Crippen LogP contribution in [0.3, 0.4) is 0 Å². The number of hydrogen-bond acceptors (Lipinski definition) is 2. The molecule has 0 atom stereocenters. The van der Waals surface area contributed by atoms with E-state index in [4.69, 9.17) is 11.1 Å². The summed E-state index contributed by atoms with van der Waals surface area (Å²) >= 11 is 0. The molecule has 3 heteroatoms. The maximum Gasteiger partial charge on any atom is 0.149 e. The molecule has 0 unspecified atom stereocenters. The summed E-state index contributed by atoms with van der Waals surface area (Å²) in [5, 5.41) is 6.88. The fraction of sp³-hybridized carbons (Fsp3) is 0.125. The Balaban J connectivity index is 3.36. The standard InChI is InChI=1S/C8H9FN2/c1-5-2-3-6(4-10)8(11)7(5)9/h2-4,10H,11H2,1H3. The zero-order valence-corrected chi connectivity index (χ0v) is 6.19. The zero-order chi connectivity index (χ0) is 8.43. The Labute approximate surface area is 64.4 Å². The van der Waals surface area contributed by atoms with E-state index in [2.05, 4.69) is 0 Å². The van der Waals surface area contributed by atoms with Gasteiger partial charge in [-0.15, -0.1) is 0 Å². The lowest BCUT2D eigenvalue weighted by Gasteiger charge is -2.02. The topological polar surface area (TPSA) is 49.9 Å². The number of nitrogens with two attached hydrogens (primary N) is 1. The van der Waals surface area contributed by atoms with Crippen LogP contribution in [-0.4, -0.2) is 6.21 Å². The van der Waals surface area contributed by atoms with Crippen LogP contribution in [0.5, 0.6) is 0 Å². The fourth-order valence-electron chi connectivity index (χ4n) is 0.843. The number of anilines is 1. The summed E-state index contributed by atoms with van der Waals surface area (Å²) in [6.45, 7) is 1.64. The molecule has 1 rings (SSSR count). The van der Waals surface area contributed by atoms with E-state index in [-0.39, 0.29) is 5.69 Å². The van der Waals surface area contributed by atoms with E-state index in [9.17, 15) is 4.39 Å². The van der Waals surface area contributed by atoms with Gasteiger partial charge in [-0.25, -0.2) is 4.39 Å². The molecule has 0 aliphatic carbocycles. The maximum absolute atomic E-state index is 12.9. The summed E-state index contributed by atoms with van der Waals surface area (Å²) in [6, 6.07) is 3.23. The third-order valence-corrected chi connectivity index (χ3v) is 1.56. The highest BCUT2D eigenvalue weighted by Gasteiger charge is 2.04. The molecular formula is C8H9FN2. The molecule has 0 aliphatic rings. The summed E-state index contributed by atoms with van der Waals surface area (Å²) in [5.41, 5.74) is 6.35. The minimum atomic E-state index is -0.425. The summed E-state index contributed by atoms with van der Waals surface area (Å²) in [6.07, 6.45) is 1.04. The van der Waals surface area contributed by atoms with Crippen LogP contribution in [-0.2, 0) is 0 Å². The lowest BCUT2D eigenvalue weighted by atomic mass is 10.1. The lowest BCUT2D eigenvalue weighted by Crippen LogP contribution is -1.98. The summed E-state index contributed by atoms with van der Waals surface area (Å²) < 4.78 is 12.9. The van der Waals surface area contributed by atoms with E-state index >= 15 is 0 Å². The lowest BCUT2D eigenvalue weighted by molar-refractivity contribution is 0.623. The molecule has 11 heavy (non-hydrogen) atoms. The van der Waals surface area contributed by atoms with Crippen molar-refractivity contribution >= 4 is 11.9 Å². The quantitative estimate of drug-likeness (QED) is 0.467. The van der Waals surface area contributed by atoms with Gasteiger partial charge in [-0.2, -0.15) is 0 Å². The van der Waals surface area contributed by atoms with Crippen LogP contribution >= 0.6 is 0 Å². The normalized spacial score (nSPS) is 9.64. The second-order valence-corrected chi connectivity index (χ2v) is 2.34. The summed E-state index contributed by atoms with van der Waals surface area (Å²) in [4.78, 5) is 0. The first-order valence-electron chi connectivity index (χ1n) is 3.22. The van der Waals surface area contributed by atoms with Crippen molar-refractivity contribution < 1.29 is 4.39 Å². The minimum absolute atomic E-state index is 0.0556. The van der Waals surface area contributed by atoms with Crippen LogP contribution < -0.4 is 5.73 Å². The third-order valence-electron chi connectivity index (χ3n) is 1.56. The van der Waals surface area contributed by atoms with Crippen molar-refractivity contribution in [2.75, 3.05) is 5.73 Å². The molecule has 2 nitrogen and oxygen atoms in total. The van der Waals surface area contributed by atoms with Crippen molar-refractivity contribution in [2.24, 2.45) is 0 Å². The molecule has 1 aromatic carbocycles. The van der Waals surface area contributed by atoms with E-state index in [1.807, 2.05) is 0 Å². The zero-order valence-electron chi connectivity index (χ0n) is 6.19. The summed E-state index contributed by atoms with van der Waals surface area (Å²) in [5.74, 6) is -0.425. The first-order valence-corrected chi connectivity index (χ1v) is 3.22. The van der Waals surface area contributed by atoms with Gasteiger partial charge in [0.05, 0.1) is 5.69 Å². The minimum Gasteiger partial charge on any atom is -0.396 e. The molecule has 0 spiro atoms. The van der Waals surface area contributed by atoms with Crippen molar-refractivity contribution in [1.82, 2.24) is 0 Å².